The summed E-state index contributed by atoms with van der Waals surface area (Å²) in [6, 6.07) is 1.35. The van der Waals surface area contributed by atoms with Crippen LogP contribution in [0.3, 0.4) is 0 Å². The first-order valence-corrected chi connectivity index (χ1v) is 16.5. The molecular weight excluding hydrogens is 675 g/mol. The zero-order valence-corrected chi connectivity index (χ0v) is 28.1. The molecule has 2 aromatic heterocycles. The third-order valence-electron chi connectivity index (χ3n) is 9.59. The number of nitrogens with zero attached hydrogens (tertiary/aromatic N) is 6. The molecule has 1 amide bonds. The number of aryl methyl sites for hydroxylation is 1. The summed E-state index contributed by atoms with van der Waals surface area (Å²) in [7, 11) is 2.91. The second-order valence-electron chi connectivity index (χ2n) is 12.6. The first-order chi connectivity index (χ1) is 23.3. The zero-order chi connectivity index (χ0) is 35.2. The number of carbonyl (C=O) groups excluding carboxylic acids is 1. The highest BCUT2D eigenvalue weighted by Crippen LogP contribution is 2.46. The molecule has 4 aliphatic heterocycles. The van der Waals surface area contributed by atoms with Gasteiger partial charge in [0.25, 0.3) is 5.91 Å². The molecule has 0 aliphatic carbocycles. The van der Waals surface area contributed by atoms with Gasteiger partial charge in [-0.2, -0.15) is 28.2 Å². The summed E-state index contributed by atoms with van der Waals surface area (Å²) in [4.78, 5) is 25.5. The number of hydrogen-bond donors (Lipinski definition) is 2. The highest BCUT2D eigenvalue weighted by atomic mass is 35.5. The van der Waals surface area contributed by atoms with Crippen LogP contribution < -0.4 is 20.7 Å². The summed E-state index contributed by atoms with van der Waals surface area (Å²) >= 11 is 5.88. The van der Waals surface area contributed by atoms with E-state index >= 15 is 4.39 Å². The Labute approximate surface area is 284 Å². The summed E-state index contributed by atoms with van der Waals surface area (Å²) in [5, 5.41) is 6.35. The molecule has 0 spiro atoms. The fraction of sp³-hybridized carbons (Fsp3) is 0.562. The SMILES string of the molecule is CNC(=O)c1nn2c(c1C)CN(c1nc(OC)nc3c1COC(c1c(F)c(N)cc(Cl)c1C(F)(F)F)C3)CCC2.FC1CC2CCCN2C1. The standard InChI is InChI=1S/C25H26ClF4N7O3.C7H12FN/c1-11-16-9-36(5-4-6-37(16)35-21(11)23(38)32-2)22-12-10-40-17(8-15(12)33-24(34-22)39-3)18-19(25(28,29)30)13(26)7-14(31)20(18)27;8-6-4-7-2-1-3-9(7)5-6/h7,17H,4-6,8-10,31H2,1-3H3,(H,32,38);6-7H,1-5H2. The van der Waals surface area contributed by atoms with Crippen molar-refractivity contribution < 1.29 is 36.2 Å². The minimum Gasteiger partial charge on any atom is -0.467 e. The van der Waals surface area contributed by atoms with E-state index in [2.05, 4.69) is 25.3 Å². The lowest BCUT2D eigenvalue weighted by atomic mass is 9.93. The average molecular weight is 713 g/mol. The predicted octanol–water partition coefficient (Wildman–Crippen LogP) is 5.16. The largest absolute Gasteiger partial charge is 0.467 e. The molecular formula is C32H38ClF5N8O3. The molecule has 11 nitrogen and oxygen atoms in total. The number of alkyl halides is 4. The highest BCUT2D eigenvalue weighted by Gasteiger charge is 2.42. The van der Waals surface area contributed by atoms with Gasteiger partial charge >= 0.3 is 12.2 Å². The van der Waals surface area contributed by atoms with Gasteiger partial charge in [0.05, 0.1) is 54.0 Å². The number of nitrogen functional groups attached to an aromatic ring is 1. The summed E-state index contributed by atoms with van der Waals surface area (Å²) < 4.78 is 82.4. The van der Waals surface area contributed by atoms with Crippen molar-refractivity contribution in [2.24, 2.45) is 0 Å². The van der Waals surface area contributed by atoms with Gasteiger partial charge in [-0.3, -0.25) is 14.4 Å². The zero-order valence-electron chi connectivity index (χ0n) is 27.3. The molecule has 2 saturated heterocycles. The predicted molar refractivity (Wildman–Crippen MR) is 171 cm³/mol. The number of carbonyl (C=O) groups is 1. The molecule has 0 bridgehead atoms. The van der Waals surface area contributed by atoms with Gasteiger partial charge in [0.2, 0.25) is 0 Å². The van der Waals surface area contributed by atoms with Crippen LogP contribution in [0.25, 0.3) is 0 Å². The fourth-order valence-electron chi connectivity index (χ4n) is 7.21. The van der Waals surface area contributed by atoms with Crippen LogP contribution in [0, 0.1) is 12.7 Å². The van der Waals surface area contributed by atoms with Crippen molar-refractivity contribution in [3.05, 3.63) is 56.2 Å². The van der Waals surface area contributed by atoms with Crippen molar-refractivity contribution in [2.75, 3.05) is 44.4 Å². The summed E-state index contributed by atoms with van der Waals surface area (Å²) in [6.45, 7) is 4.97. The number of fused-ring (bicyclic) bond motifs is 3. The number of aromatic nitrogens is 4. The van der Waals surface area contributed by atoms with Gasteiger partial charge in [-0.1, -0.05) is 11.6 Å². The average Bonchev–Trinajstić information content (AvgIpc) is 3.68. The molecule has 17 heteroatoms. The van der Waals surface area contributed by atoms with E-state index in [1.807, 2.05) is 11.8 Å². The number of amides is 1. The van der Waals surface area contributed by atoms with E-state index in [1.54, 1.807) is 4.68 Å². The lowest BCUT2D eigenvalue weighted by Gasteiger charge is -2.31. The number of halogens is 6. The van der Waals surface area contributed by atoms with E-state index in [0.717, 1.165) is 30.3 Å². The van der Waals surface area contributed by atoms with Crippen molar-refractivity contribution in [2.45, 2.75) is 83.2 Å². The van der Waals surface area contributed by atoms with E-state index in [1.165, 1.54) is 27.0 Å². The normalized spacial score (nSPS) is 22.1. The van der Waals surface area contributed by atoms with Gasteiger partial charge in [-0.25, -0.2) is 8.78 Å². The van der Waals surface area contributed by atoms with E-state index < -0.39 is 46.1 Å². The van der Waals surface area contributed by atoms with Crippen LogP contribution in [0.2, 0.25) is 5.02 Å². The third kappa shape index (κ3) is 6.86. The van der Waals surface area contributed by atoms with E-state index in [9.17, 15) is 22.4 Å². The van der Waals surface area contributed by atoms with Crippen molar-refractivity contribution in [1.82, 2.24) is 30.0 Å². The third-order valence-corrected chi connectivity index (χ3v) is 9.88. The maximum Gasteiger partial charge on any atom is 0.418 e. The van der Waals surface area contributed by atoms with Crippen molar-refractivity contribution in [1.29, 1.82) is 0 Å². The maximum atomic E-state index is 15.1. The number of rotatable bonds is 4. The molecule has 3 unspecified atom stereocenters. The molecule has 0 saturated carbocycles. The summed E-state index contributed by atoms with van der Waals surface area (Å²) in [5.41, 5.74) is 5.78. The van der Waals surface area contributed by atoms with E-state index in [0.29, 0.717) is 61.4 Å². The van der Waals surface area contributed by atoms with Crippen LogP contribution in [0.4, 0.5) is 33.5 Å². The smallest absolute Gasteiger partial charge is 0.418 e. The van der Waals surface area contributed by atoms with Gasteiger partial charge in [0.15, 0.2) is 11.5 Å². The van der Waals surface area contributed by atoms with Crippen LogP contribution in [0.15, 0.2) is 6.07 Å². The van der Waals surface area contributed by atoms with Crippen molar-refractivity contribution in [3.63, 3.8) is 0 Å². The first-order valence-electron chi connectivity index (χ1n) is 16.1. The van der Waals surface area contributed by atoms with Crippen LogP contribution in [-0.2, 0) is 37.0 Å². The number of benzene rings is 1. The Hall–Kier alpha value is -3.76. The van der Waals surface area contributed by atoms with Gasteiger partial charge in [-0.05, 0) is 45.2 Å². The Kier molecular flexibility index (Phi) is 9.93. The highest BCUT2D eigenvalue weighted by molar-refractivity contribution is 6.31. The van der Waals surface area contributed by atoms with Gasteiger partial charge < -0.3 is 25.4 Å². The molecule has 49 heavy (non-hydrogen) atoms. The number of nitrogens with one attached hydrogen (secondary N) is 1. The lowest BCUT2D eigenvalue weighted by Crippen LogP contribution is -2.29. The molecule has 1 aromatic carbocycles. The topological polar surface area (TPSA) is 124 Å². The van der Waals surface area contributed by atoms with Gasteiger partial charge in [0, 0.05) is 55.8 Å². The van der Waals surface area contributed by atoms with E-state index in [-0.39, 0.29) is 24.9 Å². The molecule has 2 fully saturated rings. The summed E-state index contributed by atoms with van der Waals surface area (Å²) in [6.07, 6.45) is -3.02. The number of anilines is 2. The molecule has 3 N–H and O–H groups in total. The van der Waals surface area contributed by atoms with Crippen LogP contribution in [0.1, 0.15) is 75.9 Å². The molecule has 4 aliphatic rings. The fourth-order valence-corrected chi connectivity index (χ4v) is 7.54. The molecule has 0 radical (unpaired) electrons. The van der Waals surface area contributed by atoms with E-state index in [4.69, 9.17) is 26.8 Å². The number of ether oxygens (including phenoxy) is 2. The van der Waals surface area contributed by atoms with Crippen molar-refractivity contribution in [3.8, 4) is 6.01 Å². The van der Waals surface area contributed by atoms with Crippen LogP contribution >= 0.6 is 11.6 Å². The minimum atomic E-state index is -4.94. The first kappa shape index (κ1) is 35.1. The van der Waals surface area contributed by atoms with Crippen LogP contribution in [0.5, 0.6) is 6.01 Å². The Bertz CT molecular complexity index is 1730. The monoisotopic (exact) mass is 712 g/mol. The molecule has 266 valence electrons. The minimum absolute atomic E-state index is 0.00273. The number of hydrogen-bond acceptors (Lipinski definition) is 9. The second-order valence-corrected chi connectivity index (χ2v) is 13.0. The molecule has 3 atom stereocenters. The lowest BCUT2D eigenvalue weighted by molar-refractivity contribution is -0.140. The Morgan fingerprint density at radius 3 is 2.67 bits per heavy atom. The van der Waals surface area contributed by atoms with Crippen LogP contribution in [-0.4, -0.2) is 76.6 Å². The number of nitrogens with two attached hydrogens (primary N) is 1. The Morgan fingerprint density at radius 1 is 1.20 bits per heavy atom. The van der Waals surface area contributed by atoms with Crippen molar-refractivity contribution >= 4 is 29.0 Å². The second kappa shape index (κ2) is 13.9. The van der Waals surface area contributed by atoms with Gasteiger partial charge in [-0.15, -0.1) is 0 Å². The molecule has 3 aromatic rings. The number of methoxy groups -OCH3 is 1. The van der Waals surface area contributed by atoms with Gasteiger partial charge in [0.1, 0.15) is 12.0 Å². The summed E-state index contributed by atoms with van der Waals surface area (Å²) in [5.74, 6) is -1.06. The molecule has 6 heterocycles. The molecule has 7 rings (SSSR count). The maximum absolute atomic E-state index is 15.1. The quantitative estimate of drug-likeness (QED) is 0.279. The Morgan fingerprint density at radius 2 is 1.98 bits per heavy atom. The Balaban J connectivity index is 0.000000396.